The monoisotopic (exact) mass is 428 g/mol. The third-order valence-corrected chi connectivity index (χ3v) is 4.71. The average molecular weight is 429 g/mol. The van der Waals surface area contributed by atoms with Crippen LogP contribution in [0.3, 0.4) is 0 Å². The Kier molecular flexibility index (Phi) is 4.92. The number of halogens is 2. The number of nitro benzene ring substituents is 1. The maximum Gasteiger partial charge on any atom is 0.307 e. The van der Waals surface area contributed by atoms with Crippen molar-refractivity contribution in [2.45, 2.75) is 0 Å². The molecule has 4 aromatic rings. The molecule has 11 heteroatoms. The Balaban J connectivity index is 1.75. The molecule has 152 valence electrons. The maximum absolute atomic E-state index is 13.9. The van der Waals surface area contributed by atoms with E-state index in [1.165, 1.54) is 13.3 Å². The van der Waals surface area contributed by atoms with Crippen molar-refractivity contribution in [2.75, 3.05) is 12.4 Å². The molecule has 0 amide bonds. The van der Waals surface area contributed by atoms with E-state index in [0.717, 1.165) is 23.2 Å². The van der Waals surface area contributed by atoms with Gasteiger partial charge in [0.2, 0.25) is 11.8 Å². The molecule has 0 radical (unpaired) electrons. The van der Waals surface area contributed by atoms with Crippen LogP contribution in [0.15, 0.2) is 42.9 Å². The van der Waals surface area contributed by atoms with E-state index in [2.05, 4.69) is 20.3 Å². The van der Waals surface area contributed by atoms with Gasteiger partial charge in [-0.3, -0.25) is 10.1 Å². The fourth-order valence-corrected chi connectivity index (χ4v) is 3.18. The van der Waals surface area contributed by atoms with Gasteiger partial charge in [-0.2, -0.15) is 4.39 Å². The van der Waals surface area contributed by atoms with Crippen LogP contribution in [0.4, 0.5) is 21.7 Å². The van der Waals surface area contributed by atoms with Gasteiger partial charge in [-0.1, -0.05) is 11.6 Å². The van der Waals surface area contributed by atoms with Crippen LogP contribution in [0.1, 0.15) is 0 Å². The highest BCUT2D eigenvalue weighted by Gasteiger charge is 2.20. The van der Waals surface area contributed by atoms with Gasteiger partial charge >= 0.3 is 5.69 Å². The summed E-state index contributed by atoms with van der Waals surface area (Å²) in [5, 5.41) is 15.1. The summed E-state index contributed by atoms with van der Waals surface area (Å²) < 4.78 is 20.9. The molecule has 30 heavy (non-hydrogen) atoms. The molecule has 0 spiro atoms. The highest BCUT2D eigenvalue weighted by Crippen LogP contribution is 2.34. The van der Waals surface area contributed by atoms with Crippen LogP contribution in [0, 0.1) is 15.9 Å². The van der Waals surface area contributed by atoms with Gasteiger partial charge in [0.1, 0.15) is 11.4 Å². The number of ether oxygens (including phenoxy) is 1. The lowest BCUT2D eigenvalue weighted by atomic mass is 10.2. The topological polar surface area (TPSA) is 108 Å². The lowest BCUT2D eigenvalue weighted by molar-refractivity contribution is -0.387. The fraction of sp³-hybridized carbons (Fsp3) is 0.105. The fourth-order valence-electron chi connectivity index (χ4n) is 2.98. The lowest BCUT2D eigenvalue weighted by Crippen LogP contribution is -2.03. The standard InChI is InChI=1S/C19H14ClFN6O3/c1-26-4-3-10-5-11(8-22-18(10)26)17-12(20)9-23-19(25-17)24-14-7-15(27(28)29)13(21)6-16(14)30-2/h3-9H,1-2H3,(H,23,24,25). The predicted octanol–water partition coefficient (Wildman–Crippen LogP) is 4.48. The van der Waals surface area contributed by atoms with Crippen molar-refractivity contribution >= 4 is 40.0 Å². The first-order chi connectivity index (χ1) is 14.4. The van der Waals surface area contributed by atoms with Gasteiger partial charge in [-0.05, 0) is 12.1 Å². The Morgan fingerprint density at radius 3 is 2.80 bits per heavy atom. The quantitative estimate of drug-likeness (QED) is 0.368. The van der Waals surface area contributed by atoms with E-state index in [9.17, 15) is 14.5 Å². The Morgan fingerprint density at radius 2 is 2.07 bits per heavy atom. The molecule has 0 saturated carbocycles. The van der Waals surface area contributed by atoms with Crippen molar-refractivity contribution in [1.29, 1.82) is 0 Å². The molecule has 0 aliphatic rings. The highest BCUT2D eigenvalue weighted by molar-refractivity contribution is 6.33. The van der Waals surface area contributed by atoms with Gasteiger partial charge < -0.3 is 14.6 Å². The number of hydrogen-bond acceptors (Lipinski definition) is 7. The van der Waals surface area contributed by atoms with Crippen LogP contribution in [-0.4, -0.2) is 31.6 Å². The van der Waals surface area contributed by atoms with Crippen LogP contribution < -0.4 is 10.1 Å². The number of hydrogen-bond donors (Lipinski definition) is 1. The zero-order chi connectivity index (χ0) is 21.4. The van der Waals surface area contributed by atoms with Crippen molar-refractivity contribution in [2.24, 2.45) is 7.05 Å². The minimum absolute atomic E-state index is 0.0607. The van der Waals surface area contributed by atoms with Gasteiger partial charge in [-0.15, -0.1) is 0 Å². The van der Waals surface area contributed by atoms with Crippen molar-refractivity contribution in [1.82, 2.24) is 19.5 Å². The third-order valence-electron chi connectivity index (χ3n) is 4.44. The third kappa shape index (κ3) is 3.48. The largest absolute Gasteiger partial charge is 0.494 e. The number of benzene rings is 1. The summed E-state index contributed by atoms with van der Waals surface area (Å²) in [6.45, 7) is 0. The number of aryl methyl sites for hydroxylation is 1. The van der Waals surface area contributed by atoms with E-state index >= 15 is 0 Å². The summed E-state index contributed by atoms with van der Waals surface area (Å²) in [6.07, 6.45) is 4.93. The first-order valence-corrected chi connectivity index (χ1v) is 8.98. The zero-order valence-electron chi connectivity index (χ0n) is 15.8. The van der Waals surface area contributed by atoms with Crippen molar-refractivity contribution in [3.8, 4) is 17.0 Å². The second kappa shape index (κ2) is 7.56. The van der Waals surface area contributed by atoms with E-state index in [1.54, 1.807) is 6.20 Å². The van der Waals surface area contributed by atoms with Crippen LogP contribution in [0.5, 0.6) is 5.75 Å². The average Bonchev–Trinajstić information content (AvgIpc) is 3.10. The maximum atomic E-state index is 13.9. The van der Waals surface area contributed by atoms with Crippen LogP contribution in [0.2, 0.25) is 5.02 Å². The van der Waals surface area contributed by atoms with Gasteiger partial charge in [0.25, 0.3) is 0 Å². The molecule has 3 aromatic heterocycles. The Bertz CT molecular complexity index is 1290. The van der Waals surface area contributed by atoms with Crippen LogP contribution in [-0.2, 0) is 7.05 Å². The van der Waals surface area contributed by atoms with E-state index in [1.807, 2.05) is 29.9 Å². The molecule has 4 rings (SSSR count). The summed E-state index contributed by atoms with van der Waals surface area (Å²) in [6, 6.07) is 5.75. The van der Waals surface area contributed by atoms with Crippen LogP contribution >= 0.6 is 11.6 Å². The summed E-state index contributed by atoms with van der Waals surface area (Å²) in [5.74, 6) is -0.852. The van der Waals surface area contributed by atoms with Crippen molar-refractivity contribution < 1.29 is 14.1 Å². The number of nitrogens with one attached hydrogen (secondary N) is 1. The molecule has 0 bridgehead atoms. The number of nitrogens with zero attached hydrogens (tertiary/aromatic N) is 5. The van der Waals surface area contributed by atoms with Crippen molar-refractivity contribution in [3.05, 3.63) is 63.8 Å². The number of fused-ring (bicyclic) bond motifs is 1. The molecule has 1 aromatic carbocycles. The second-order valence-corrected chi connectivity index (χ2v) is 6.75. The first-order valence-electron chi connectivity index (χ1n) is 8.60. The van der Waals surface area contributed by atoms with Gasteiger partial charge in [0.15, 0.2) is 0 Å². The minimum Gasteiger partial charge on any atom is -0.494 e. The van der Waals surface area contributed by atoms with E-state index in [-0.39, 0.29) is 17.4 Å². The highest BCUT2D eigenvalue weighted by atomic mass is 35.5. The summed E-state index contributed by atoms with van der Waals surface area (Å²) in [7, 11) is 3.21. The molecule has 0 aliphatic heterocycles. The number of pyridine rings is 1. The Hall–Kier alpha value is -3.79. The lowest BCUT2D eigenvalue weighted by Gasteiger charge is -2.12. The second-order valence-electron chi connectivity index (χ2n) is 6.34. The number of anilines is 2. The zero-order valence-corrected chi connectivity index (χ0v) is 16.5. The number of methoxy groups -OCH3 is 1. The number of aromatic nitrogens is 4. The SMILES string of the molecule is COc1cc(F)c([N+](=O)[O-])cc1Nc1ncc(Cl)c(-c2cnc3c(ccn3C)c2)n1. The van der Waals surface area contributed by atoms with Gasteiger partial charge in [0, 0.05) is 42.5 Å². The molecule has 0 atom stereocenters. The Labute approximate surface area is 174 Å². The number of nitro groups is 1. The first kappa shape index (κ1) is 19.5. The van der Waals surface area contributed by atoms with E-state index in [4.69, 9.17) is 16.3 Å². The molecular weight excluding hydrogens is 415 g/mol. The summed E-state index contributed by atoms with van der Waals surface area (Å²) in [5.41, 5.74) is 1.33. The van der Waals surface area contributed by atoms with Crippen molar-refractivity contribution in [3.63, 3.8) is 0 Å². The Morgan fingerprint density at radius 1 is 1.27 bits per heavy atom. The molecule has 0 aliphatic carbocycles. The van der Waals surface area contributed by atoms with Crippen LogP contribution in [0.25, 0.3) is 22.3 Å². The smallest absolute Gasteiger partial charge is 0.307 e. The molecular formula is C19H14ClFN6O3. The molecule has 0 fully saturated rings. The molecule has 9 nitrogen and oxygen atoms in total. The molecule has 1 N–H and O–H groups in total. The molecule has 0 saturated heterocycles. The normalized spacial score (nSPS) is 10.9. The molecule has 3 heterocycles. The van der Waals surface area contributed by atoms with Gasteiger partial charge in [0.05, 0.1) is 34.6 Å². The van der Waals surface area contributed by atoms with E-state index < -0.39 is 16.4 Å². The number of rotatable bonds is 5. The van der Waals surface area contributed by atoms with E-state index in [0.29, 0.717) is 16.3 Å². The minimum atomic E-state index is -1.01. The summed E-state index contributed by atoms with van der Waals surface area (Å²) in [4.78, 5) is 23.2. The summed E-state index contributed by atoms with van der Waals surface area (Å²) >= 11 is 6.29. The predicted molar refractivity (Wildman–Crippen MR) is 110 cm³/mol. The van der Waals surface area contributed by atoms with Gasteiger partial charge in [-0.25, -0.2) is 15.0 Å². The molecule has 0 unspecified atom stereocenters.